The molecule has 136 valence electrons. The van der Waals surface area contributed by atoms with Crippen LogP contribution in [0.2, 0.25) is 5.02 Å². The first-order chi connectivity index (χ1) is 11.8. The lowest BCUT2D eigenvalue weighted by molar-refractivity contribution is -0.128. The highest BCUT2D eigenvalue weighted by Gasteiger charge is 2.42. The van der Waals surface area contributed by atoms with Gasteiger partial charge in [0.05, 0.1) is 18.5 Å². The number of rotatable bonds is 3. The number of halogens is 1. The van der Waals surface area contributed by atoms with Gasteiger partial charge in [0.1, 0.15) is 5.75 Å². The molecule has 0 unspecified atom stereocenters. The number of nitrogens with zero attached hydrogens (tertiary/aromatic N) is 1. The number of hydrogen-bond donors (Lipinski definition) is 1. The number of fused-ring (bicyclic) bond motifs is 3. The topological polar surface area (TPSA) is 75.7 Å². The Morgan fingerprint density at radius 2 is 2.12 bits per heavy atom. The van der Waals surface area contributed by atoms with E-state index in [9.17, 15) is 13.2 Å². The Morgan fingerprint density at radius 3 is 2.76 bits per heavy atom. The quantitative estimate of drug-likeness (QED) is 0.866. The molecule has 4 rings (SSSR count). The van der Waals surface area contributed by atoms with Crippen molar-refractivity contribution in [3.63, 3.8) is 0 Å². The van der Waals surface area contributed by atoms with Gasteiger partial charge in [0.15, 0.2) is 6.10 Å². The van der Waals surface area contributed by atoms with Crippen LogP contribution < -0.4 is 14.4 Å². The molecular weight excluding hydrogens is 364 g/mol. The summed E-state index contributed by atoms with van der Waals surface area (Å²) in [6.07, 6.45) is 4.89. The van der Waals surface area contributed by atoms with Crippen LogP contribution in [0.15, 0.2) is 18.2 Å². The van der Waals surface area contributed by atoms with E-state index in [2.05, 4.69) is 5.32 Å². The van der Waals surface area contributed by atoms with E-state index < -0.39 is 16.1 Å². The second-order valence-electron chi connectivity index (χ2n) is 7.30. The average Bonchev–Trinajstić information content (AvgIpc) is 3.15. The highest BCUT2D eigenvalue weighted by atomic mass is 35.5. The Morgan fingerprint density at radius 1 is 1.32 bits per heavy atom. The minimum Gasteiger partial charge on any atom is -0.476 e. The molecule has 25 heavy (non-hydrogen) atoms. The van der Waals surface area contributed by atoms with Crippen molar-refractivity contribution in [2.75, 3.05) is 17.1 Å². The maximum absolute atomic E-state index is 12.7. The highest BCUT2D eigenvalue weighted by Crippen LogP contribution is 2.44. The van der Waals surface area contributed by atoms with E-state index in [1.807, 2.05) is 0 Å². The van der Waals surface area contributed by atoms with E-state index in [-0.39, 0.29) is 18.5 Å². The molecule has 0 radical (unpaired) electrons. The number of carbonyl (C=O) groups excluding carboxylic acids is 1. The van der Waals surface area contributed by atoms with E-state index in [1.165, 1.54) is 17.1 Å². The largest absolute Gasteiger partial charge is 0.476 e. The number of amides is 1. The molecule has 1 aromatic rings. The standard InChI is InChI=1S/C17H21ClN2O4S/c1-25(22,23)20-9-16(24-15-5-4-12(18)8-14(15)20)17(21)19-13-7-10-2-3-11(13)6-10/h4-5,8,10-11,13,16H,2-3,6-7,9H2,1H3,(H,19,21)/t10-,11-,13+,16+/m0/s1. The van der Waals surface area contributed by atoms with Gasteiger partial charge in [-0.2, -0.15) is 0 Å². The number of carbonyl (C=O) groups is 1. The Hall–Kier alpha value is -1.47. The number of benzene rings is 1. The van der Waals surface area contributed by atoms with Crippen LogP contribution in [-0.4, -0.2) is 39.3 Å². The normalized spacial score (nSPS) is 30.7. The summed E-state index contributed by atoms with van der Waals surface area (Å²) in [6.45, 7) is -0.0428. The van der Waals surface area contributed by atoms with Gasteiger partial charge >= 0.3 is 0 Å². The van der Waals surface area contributed by atoms with Gasteiger partial charge < -0.3 is 10.1 Å². The lowest BCUT2D eigenvalue weighted by Crippen LogP contribution is -2.53. The number of nitrogens with one attached hydrogen (secondary N) is 1. The Bertz CT molecular complexity index is 813. The third kappa shape index (κ3) is 3.19. The molecule has 6 nitrogen and oxygen atoms in total. The number of ether oxygens (including phenoxy) is 1. The van der Waals surface area contributed by atoms with Crippen molar-refractivity contribution in [3.05, 3.63) is 23.2 Å². The van der Waals surface area contributed by atoms with Crippen molar-refractivity contribution in [1.29, 1.82) is 0 Å². The van der Waals surface area contributed by atoms with E-state index >= 15 is 0 Å². The summed E-state index contributed by atoms with van der Waals surface area (Å²) < 4.78 is 31.3. The van der Waals surface area contributed by atoms with Crippen LogP contribution >= 0.6 is 11.6 Å². The van der Waals surface area contributed by atoms with Crippen molar-refractivity contribution in [3.8, 4) is 5.75 Å². The molecule has 1 aromatic carbocycles. The lowest BCUT2D eigenvalue weighted by Gasteiger charge is -2.35. The number of anilines is 1. The molecule has 1 aliphatic heterocycles. The molecule has 0 aromatic heterocycles. The molecule has 1 heterocycles. The van der Waals surface area contributed by atoms with Gasteiger partial charge in [0.2, 0.25) is 10.0 Å². The lowest BCUT2D eigenvalue weighted by atomic mass is 9.95. The van der Waals surface area contributed by atoms with Crippen molar-refractivity contribution in [1.82, 2.24) is 5.32 Å². The van der Waals surface area contributed by atoms with Crippen molar-refractivity contribution in [2.24, 2.45) is 11.8 Å². The smallest absolute Gasteiger partial charge is 0.263 e. The van der Waals surface area contributed by atoms with E-state index in [4.69, 9.17) is 16.3 Å². The zero-order valence-electron chi connectivity index (χ0n) is 13.9. The molecule has 2 fully saturated rings. The summed E-state index contributed by atoms with van der Waals surface area (Å²) in [5, 5.41) is 3.50. The molecule has 1 N–H and O–H groups in total. The van der Waals surface area contributed by atoms with Crippen molar-refractivity contribution >= 4 is 33.2 Å². The molecule has 4 atom stereocenters. The number of sulfonamides is 1. The second-order valence-corrected chi connectivity index (χ2v) is 9.65. The van der Waals surface area contributed by atoms with E-state index in [1.54, 1.807) is 18.2 Å². The van der Waals surface area contributed by atoms with E-state index in [0.717, 1.165) is 25.0 Å². The summed E-state index contributed by atoms with van der Waals surface area (Å²) in [4.78, 5) is 12.7. The molecule has 1 amide bonds. The van der Waals surface area contributed by atoms with Gasteiger partial charge in [-0.15, -0.1) is 0 Å². The van der Waals surface area contributed by atoms with Crippen LogP contribution in [0.3, 0.4) is 0 Å². The maximum Gasteiger partial charge on any atom is 0.263 e. The van der Waals surface area contributed by atoms with Gasteiger partial charge in [0, 0.05) is 11.1 Å². The molecule has 3 aliphatic rings. The van der Waals surface area contributed by atoms with Crippen LogP contribution in [-0.2, 0) is 14.8 Å². The van der Waals surface area contributed by atoms with Crippen LogP contribution in [0, 0.1) is 11.8 Å². The first-order valence-electron chi connectivity index (χ1n) is 8.55. The van der Waals surface area contributed by atoms with Gasteiger partial charge in [-0.1, -0.05) is 18.0 Å². The first-order valence-corrected chi connectivity index (χ1v) is 10.8. The predicted molar refractivity (Wildman–Crippen MR) is 95.4 cm³/mol. The summed E-state index contributed by atoms with van der Waals surface area (Å²) >= 11 is 5.98. The van der Waals surface area contributed by atoms with Gasteiger partial charge in [-0.25, -0.2) is 8.42 Å². The monoisotopic (exact) mass is 384 g/mol. The summed E-state index contributed by atoms with van der Waals surface area (Å²) in [6, 6.07) is 4.96. The average molecular weight is 385 g/mol. The first kappa shape index (κ1) is 17.0. The fraction of sp³-hybridized carbons (Fsp3) is 0.588. The zero-order chi connectivity index (χ0) is 17.8. The zero-order valence-corrected chi connectivity index (χ0v) is 15.5. The Labute approximate surface area is 152 Å². The molecular formula is C17H21ClN2O4S. The molecule has 0 spiro atoms. The summed E-state index contributed by atoms with van der Waals surface area (Å²) in [7, 11) is -3.54. The third-order valence-electron chi connectivity index (χ3n) is 5.55. The van der Waals surface area contributed by atoms with Crippen LogP contribution in [0.1, 0.15) is 25.7 Å². The third-order valence-corrected chi connectivity index (χ3v) is 6.93. The number of hydrogen-bond acceptors (Lipinski definition) is 4. The fourth-order valence-electron chi connectivity index (χ4n) is 4.37. The molecule has 0 saturated heterocycles. The predicted octanol–water partition coefficient (Wildman–Crippen LogP) is 2.17. The van der Waals surface area contributed by atoms with Crippen LogP contribution in [0.25, 0.3) is 0 Å². The SMILES string of the molecule is CS(=O)(=O)N1C[C@H](C(=O)N[C@@H]2C[C@H]3CC[C@H]2C3)Oc2ccc(Cl)cc21. The van der Waals surface area contributed by atoms with Gasteiger partial charge in [0.25, 0.3) is 5.91 Å². The minimum absolute atomic E-state index is 0.0428. The molecule has 2 bridgehead atoms. The highest BCUT2D eigenvalue weighted by molar-refractivity contribution is 7.92. The Balaban J connectivity index is 1.55. The molecule has 2 aliphatic carbocycles. The summed E-state index contributed by atoms with van der Waals surface area (Å²) in [5.74, 6) is 1.38. The van der Waals surface area contributed by atoms with Crippen LogP contribution in [0.5, 0.6) is 5.75 Å². The fourth-order valence-corrected chi connectivity index (χ4v) is 5.44. The second kappa shape index (κ2) is 6.06. The molecule has 2 saturated carbocycles. The summed E-state index contributed by atoms with van der Waals surface area (Å²) in [5.41, 5.74) is 0.374. The Kier molecular flexibility index (Phi) is 4.11. The van der Waals surface area contributed by atoms with Crippen molar-refractivity contribution in [2.45, 2.75) is 37.8 Å². The molecule has 8 heteroatoms. The minimum atomic E-state index is -3.54. The van der Waals surface area contributed by atoms with E-state index in [0.29, 0.717) is 22.4 Å². The van der Waals surface area contributed by atoms with Gasteiger partial charge in [-0.05, 0) is 49.3 Å². The van der Waals surface area contributed by atoms with Gasteiger partial charge in [-0.3, -0.25) is 9.10 Å². The van der Waals surface area contributed by atoms with Crippen molar-refractivity contribution < 1.29 is 17.9 Å². The van der Waals surface area contributed by atoms with Crippen LogP contribution in [0.4, 0.5) is 5.69 Å². The maximum atomic E-state index is 12.7.